The van der Waals surface area contributed by atoms with Crippen molar-refractivity contribution in [2.75, 3.05) is 0 Å². The van der Waals surface area contributed by atoms with Gasteiger partial charge >= 0.3 is 0 Å². The quantitative estimate of drug-likeness (QED) is 0.576. The number of fused-ring (bicyclic) bond motifs is 1. The average Bonchev–Trinajstić information content (AvgIpc) is 2.84. The Morgan fingerprint density at radius 3 is 3.00 bits per heavy atom. The summed E-state index contributed by atoms with van der Waals surface area (Å²) in [6.07, 6.45) is 3.07. The van der Waals surface area contributed by atoms with Gasteiger partial charge in [-0.2, -0.15) is 0 Å². The minimum Gasteiger partial charge on any atom is -0.323 e. The number of hydrogen-bond acceptors (Lipinski definition) is 3. The van der Waals surface area contributed by atoms with Crippen LogP contribution < -0.4 is 0 Å². The number of carbonyl (C=O) groups excluding carboxylic acids is 2. The molecule has 1 saturated carbocycles. The number of Topliss-reactive ketones (excluding diaryl/α,β-unsaturated/α-hetero) is 1. The summed E-state index contributed by atoms with van der Waals surface area (Å²) in [6.45, 7) is 4.52. The monoisotopic (exact) mass is 261 g/mol. The van der Waals surface area contributed by atoms with E-state index in [9.17, 15) is 9.59 Å². The van der Waals surface area contributed by atoms with Gasteiger partial charge in [0.2, 0.25) is 0 Å². The highest BCUT2D eigenvalue weighted by Crippen LogP contribution is 2.32. The third-order valence-corrected chi connectivity index (χ3v) is 4.64. The molecule has 2 aliphatic rings. The molecule has 3 nitrogen and oxygen atoms in total. The molecule has 0 bridgehead atoms. The van der Waals surface area contributed by atoms with E-state index in [2.05, 4.69) is 6.58 Å². The fraction of sp³-hybridized carbons (Fsp3) is 0.429. The lowest BCUT2D eigenvalue weighted by Gasteiger charge is -2.25. The number of allylic oxidation sites excluding steroid dienone is 1. The number of hydrogen-bond donors (Lipinski definition) is 0. The maximum absolute atomic E-state index is 12.3. The van der Waals surface area contributed by atoms with Crippen LogP contribution in [0.4, 0.5) is 0 Å². The molecular weight excluding hydrogens is 246 g/mol. The van der Waals surface area contributed by atoms with Gasteiger partial charge in [0, 0.05) is 11.3 Å². The molecule has 1 atom stereocenters. The van der Waals surface area contributed by atoms with Crippen LogP contribution in [0.1, 0.15) is 40.9 Å². The van der Waals surface area contributed by atoms with Gasteiger partial charge in [0.1, 0.15) is 0 Å². The molecule has 18 heavy (non-hydrogen) atoms. The summed E-state index contributed by atoms with van der Waals surface area (Å²) in [5.41, 5.74) is 1.79. The topological polar surface area (TPSA) is 37.4 Å². The van der Waals surface area contributed by atoms with Crippen molar-refractivity contribution in [3.63, 3.8) is 0 Å². The molecular formula is C14H15NO2S. The zero-order chi connectivity index (χ0) is 12.7. The molecule has 94 valence electrons. The summed E-state index contributed by atoms with van der Waals surface area (Å²) in [7, 11) is 0. The van der Waals surface area contributed by atoms with E-state index in [-0.39, 0.29) is 17.7 Å². The first-order valence-corrected chi connectivity index (χ1v) is 7.11. The van der Waals surface area contributed by atoms with E-state index in [1.165, 1.54) is 0 Å². The molecule has 0 spiro atoms. The number of carbonyl (C=O) groups is 2. The van der Waals surface area contributed by atoms with Crippen molar-refractivity contribution in [2.45, 2.75) is 38.3 Å². The lowest BCUT2D eigenvalue weighted by molar-refractivity contribution is -0.122. The van der Waals surface area contributed by atoms with E-state index in [1.54, 1.807) is 16.2 Å². The van der Waals surface area contributed by atoms with Crippen molar-refractivity contribution in [3.05, 3.63) is 34.0 Å². The van der Waals surface area contributed by atoms with E-state index in [4.69, 9.17) is 0 Å². The molecule has 0 radical (unpaired) electrons. The van der Waals surface area contributed by atoms with Gasteiger partial charge < -0.3 is 4.90 Å². The second-order valence-corrected chi connectivity index (χ2v) is 5.99. The number of nitrogens with zero attached hydrogens (tertiary/aromatic N) is 1. The van der Waals surface area contributed by atoms with Crippen molar-refractivity contribution >= 4 is 23.0 Å². The normalized spacial score (nSPS) is 24.3. The molecule has 1 aromatic heterocycles. The van der Waals surface area contributed by atoms with Crippen LogP contribution >= 0.6 is 11.3 Å². The number of thiophene rings is 1. The zero-order valence-corrected chi connectivity index (χ0v) is 11.0. The smallest absolute Gasteiger partial charge is 0.255 e. The maximum atomic E-state index is 12.3. The summed E-state index contributed by atoms with van der Waals surface area (Å²) < 4.78 is 0. The van der Waals surface area contributed by atoms with Gasteiger partial charge in [0.25, 0.3) is 5.91 Å². The van der Waals surface area contributed by atoms with Crippen LogP contribution in [0.15, 0.2) is 23.6 Å². The van der Waals surface area contributed by atoms with Gasteiger partial charge in [-0.05, 0) is 30.7 Å². The van der Waals surface area contributed by atoms with Crippen LogP contribution in [-0.2, 0) is 11.3 Å². The van der Waals surface area contributed by atoms with Crippen LogP contribution in [0.3, 0.4) is 0 Å². The molecule has 1 fully saturated rings. The predicted octanol–water partition coefficient (Wildman–Crippen LogP) is 2.77. The zero-order valence-electron chi connectivity index (χ0n) is 10.1. The van der Waals surface area contributed by atoms with Crippen LogP contribution in [0.2, 0.25) is 0 Å². The first-order chi connectivity index (χ1) is 8.66. The fourth-order valence-corrected chi connectivity index (χ4v) is 3.64. The first kappa shape index (κ1) is 11.7. The standard InChI is InChI=1S/C14H15NO2S/c1-9-3-2-4-11(12(16)7-9)15-8-13-10(14(15)17)5-6-18-13/h5-6,11H,1-4,7-8H2/t11-/m0/s1. The van der Waals surface area contributed by atoms with E-state index in [1.807, 2.05) is 11.4 Å². The highest BCUT2D eigenvalue weighted by Gasteiger charge is 2.37. The van der Waals surface area contributed by atoms with Crippen LogP contribution in [-0.4, -0.2) is 22.6 Å². The first-order valence-electron chi connectivity index (χ1n) is 6.23. The van der Waals surface area contributed by atoms with Gasteiger partial charge in [-0.1, -0.05) is 12.2 Å². The predicted molar refractivity (Wildman–Crippen MR) is 70.6 cm³/mol. The molecule has 4 heteroatoms. The number of amides is 1. The lowest BCUT2D eigenvalue weighted by atomic mass is 10.1. The van der Waals surface area contributed by atoms with Gasteiger partial charge in [-0.25, -0.2) is 0 Å². The lowest BCUT2D eigenvalue weighted by Crippen LogP contribution is -2.40. The minimum atomic E-state index is -0.239. The molecule has 1 amide bonds. The van der Waals surface area contributed by atoms with E-state index >= 15 is 0 Å². The number of rotatable bonds is 1. The van der Waals surface area contributed by atoms with Gasteiger partial charge in [0.15, 0.2) is 5.78 Å². The minimum absolute atomic E-state index is 0.0251. The second kappa shape index (κ2) is 4.35. The summed E-state index contributed by atoms with van der Waals surface area (Å²) in [5.74, 6) is 0.179. The largest absolute Gasteiger partial charge is 0.323 e. The Hall–Kier alpha value is -1.42. The van der Waals surface area contributed by atoms with Crippen molar-refractivity contribution < 1.29 is 9.59 Å². The highest BCUT2D eigenvalue weighted by molar-refractivity contribution is 7.10. The summed E-state index contributed by atoms with van der Waals surface area (Å²) in [4.78, 5) is 27.3. The Balaban J connectivity index is 1.84. The Morgan fingerprint density at radius 2 is 2.22 bits per heavy atom. The Labute approximate surface area is 110 Å². The molecule has 0 saturated heterocycles. The third kappa shape index (κ3) is 1.81. The average molecular weight is 261 g/mol. The van der Waals surface area contributed by atoms with Crippen molar-refractivity contribution in [2.24, 2.45) is 0 Å². The molecule has 0 N–H and O–H groups in total. The third-order valence-electron chi connectivity index (χ3n) is 3.73. The van der Waals surface area contributed by atoms with Gasteiger partial charge in [-0.3, -0.25) is 9.59 Å². The molecule has 2 heterocycles. The van der Waals surface area contributed by atoms with Crippen LogP contribution in [0.5, 0.6) is 0 Å². The molecule has 1 aliphatic carbocycles. The molecule has 3 rings (SSSR count). The Bertz CT molecular complexity index is 532. The van der Waals surface area contributed by atoms with E-state index in [0.29, 0.717) is 13.0 Å². The van der Waals surface area contributed by atoms with Crippen molar-refractivity contribution in [3.8, 4) is 0 Å². The van der Waals surface area contributed by atoms with Crippen LogP contribution in [0, 0.1) is 0 Å². The Morgan fingerprint density at radius 1 is 1.39 bits per heavy atom. The summed E-state index contributed by atoms with van der Waals surface area (Å²) >= 11 is 1.60. The van der Waals surface area contributed by atoms with E-state index < -0.39 is 0 Å². The molecule has 0 aromatic carbocycles. The van der Waals surface area contributed by atoms with Crippen molar-refractivity contribution in [1.29, 1.82) is 0 Å². The Kier molecular flexibility index (Phi) is 2.82. The van der Waals surface area contributed by atoms with Gasteiger partial charge in [0.05, 0.1) is 18.2 Å². The SMILES string of the molecule is C=C1CCC[C@H](N2Cc3sccc3C2=O)C(=O)C1. The maximum Gasteiger partial charge on any atom is 0.255 e. The van der Waals surface area contributed by atoms with E-state index in [0.717, 1.165) is 35.3 Å². The highest BCUT2D eigenvalue weighted by atomic mass is 32.1. The van der Waals surface area contributed by atoms with Crippen LogP contribution in [0.25, 0.3) is 0 Å². The molecule has 1 aromatic rings. The van der Waals surface area contributed by atoms with Crippen molar-refractivity contribution in [1.82, 2.24) is 4.90 Å². The molecule has 0 unspecified atom stereocenters. The molecule has 1 aliphatic heterocycles. The second-order valence-electron chi connectivity index (χ2n) is 4.99. The number of ketones is 1. The van der Waals surface area contributed by atoms with Gasteiger partial charge in [-0.15, -0.1) is 11.3 Å². The summed E-state index contributed by atoms with van der Waals surface area (Å²) in [5, 5.41) is 1.94. The summed E-state index contributed by atoms with van der Waals surface area (Å²) in [6, 6.07) is 1.62. The fourth-order valence-electron chi connectivity index (χ4n) is 2.78.